The summed E-state index contributed by atoms with van der Waals surface area (Å²) >= 11 is 6.08. The van der Waals surface area contributed by atoms with E-state index in [1.807, 2.05) is 0 Å². The van der Waals surface area contributed by atoms with Gasteiger partial charge in [0.25, 0.3) is 0 Å². The van der Waals surface area contributed by atoms with Crippen LogP contribution in [0.2, 0.25) is 5.02 Å². The molecular formula is C12H16ClN3O3. The number of hydrogen-bond donors (Lipinski definition) is 1. The van der Waals surface area contributed by atoms with Gasteiger partial charge in [-0.15, -0.1) is 0 Å². The molecule has 0 saturated carbocycles. The fraction of sp³-hybridized carbons (Fsp3) is 0.583. The van der Waals surface area contributed by atoms with Gasteiger partial charge in [0.15, 0.2) is 5.82 Å². The van der Waals surface area contributed by atoms with Crippen LogP contribution in [0.5, 0.6) is 6.01 Å². The average molecular weight is 286 g/mol. The normalized spacial score (nSPS) is 23.2. The zero-order valence-electron chi connectivity index (χ0n) is 10.8. The van der Waals surface area contributed by atoms with E-state index < -0.39 is 12.0 Å². The quantitative estimate of drug-likeness (QED) is 0.913. The summed E-state index contributed by atoms with van der Waals surface area (Å²) in [5, 5.41) is 9.68. The minimum Gasteiger partial charge on any atom is -0.480 e. The van der Waals surface area contributed by atoms with Crippen LogP contribution in [0, 0.1) is 5.92 Å². The second-order valence-corrected chi connectivity index (χ2v) is 5.11. The minimum atomic E-state index is -0.861. The number of aromatic nitrogens is 2. The van der Waals surface area contributed by atoms with Gasteiger partial charge < -0.3 is 14.7 Å². The van der Waals surface area contributed by atoms with E-state index >= 15 is 0 Å². The lowest BCUT2D eigenvalue weighted by molar-refractivity contribution is -0.139. The van der Waals surface area contributed by atoms with Crippen LogP contribution in [0.15, 0.2) is 6.20 Å². The Hall–Kier alpha value is -1.56. The molecule has 2 unspecified atom stereocenters. The van der Waals surface area contributed by atoms with Gasteiger partial charge in [-0.3, -0.25) is 0 Å². The summed E-state index contributed by atoms with van der Waals surface area (Å²) < 4.78 is 4.96. The Kier molecular flexibility index (Phi) is 4.09. The number of halogens is 1. The number of aliphatic carboxylic acids is 1. The Bertz CT molecular complexity index is 483. The van der Waals surface area contributed by atoms with Gasteiger partial charge in [-0.25, -0.2) is 9.78 Å². The van der Waals surface area contributed by atoms with Crippen LogP contribution in [0.4, 0.5) is 5.82 Å². The molecule has 0 amide bonds. The molecule has 1 aliphatic heterocycles. The van der Waals surface area contributed by atoms with E-state index in [0.29, 0.717) is 29.7 Å². The number of nitrogens with zero attached hydrogens (tertiary/aromatic N) is 3. The average Bonchev–Trinajstić information content (AvgIpc) is 2.39. The lowest BCUT2D eigenvalue weighted by Gasteiger charge is -2.37. The first-order valence-electron chi connectivity index (χ1n) is 6.09. The van der Waals surface area contributed by atoms with Gasteiger partial charge in [0.1, 0.15) is 11.1 Å². The summed E-state index contributed by atoms with van der Waals surface area (Å²) in [6, 6.07) is -0.428. The number of piperidine rings is 1. The van der Waals surface area contributed by atoms with Gasteiger partial charge >= 0.3 is 12.0 Å². The number of carbonyl (C=O) groups is 1. The number of methoxy groups -OCH3 is 1. The third-order valence-electron chi connectivity index (χ3n) is 3.31. The van der Waals surface area contributed by atoms with E-state index in [-0.39, 0.29) is 6.01 Å². The summed E-state index contributed by atoms with van der Waals surface area (Å²) in [5.74, 6) is -0.0622. The first-order valence-corrected chi connectivity index (χ1v) is 6.46. The molecule has 1 aliphatic rings. The lowest BCUT2D eigenvalue weighted by atomic mass is 9.92. The summed E-state index contributed by atoms with van der Waals surface area (Å²) in [5.41, 5.74) is 0. The standard InChI is InChI=1S/C12H16ClN3O3/c1-7-3-4-16(9(5-7)11(17)18)10-8(13)6-14-12(15-10)19-2/h6-7,9H,3-5H2,1-2H3,(H,17,18). The van der Waals surface area contributed by atoms with Crippen molar-refractivity contribution in [1.29, 1.82) is 0 Å². The van der Waals surface area contributed by atoms with E-state index in [9.17, 15) is 9.90 Å². The number of anilines is 1. The third kappa shape index (κ3) is 2.89. The zero-order chi connectivity index (χ0) is 14.0. The molecule has 0 bridgehead atoms. The molecule has 0 aliphatic carbocycles. The van der Waals surface area contributed by atoms with Crippen molar-refractivity contribution in [1.82, 2.24) is 9.97 Å². The second-order valence-electron chi connectivity index (χ2n) is 4.71. The first-order chi connectivity index (χ1) is 9.02. The van der Waals surface area contributed by atoms with Gasteiger partial charge in [0.05, 0.1) is 13.3 Å². The zero-order valence-corrected chi connectivity index (χ0v) is 11.6. The maximum Gasteiger partial charge on any atom is 0.326 e. The smallest absolute Gasteiger partial charge is 0.326 e. The second kappa shape index (κ2) is 5.61. The highest BCUT2D eigenvalue weighted by Gasteiger charge is 2.33. The molecule has 0 radical (unpaired) electrons. The maximum absolute atomic E-state index is 11.4. The molecule has 19 heavy (non-hydrogen) atoms. The fourth-order valence-electron chi connectivity index (χ4n) is 2.27. The van der Waals surface area contributed by atoms with Crippen molar-refractivity contribution in [2.75, 3.05) is 18.6 Å². The van der Waals surface area contributed by atoms with Crippen molar-refractivity contribution in [3.8, 4) is 6.01 Å². The summed E-state index contributed by atoms with van der Waals surface area (Å²) in [7, 11) is 1.46. The third-order valence-corrected chi connectivity index (χ3v) is 3.57. The molecule has 104 valence electrons. The first kappa shape index (κ1) is 13.9. The van der Waals surface area contributed by atoms with Gasteiger partial charge in [-0.2, -0.15) is 4.98 Å². The molecule has 1 aromatic rings. The Labute approximate surface area is 116 Å². The largest absolute Gasteiger partial charge is 0.480 e. The van der Waals surface area contributed by atoms with Crippen LogP contribution in [0.3, 0.4) is 0 Å². The molecule has 1 N–H and O–H groups in total. The molecular weight excluding hydrogens is 270 g/mol. The summed E-state index contributed by atoms with van der Waals surface area (Å²) in [6.45, 7) is 2.66. The van der Waals surface area contributed by atoms with E-state index in [2.05, 4.69) is 16.9 Å². The maximum atomic E-state index is 11.4. The summed E-state index contributed by atoms with van der Waals surface area (Å²) in [4.78, 5) is 21.2. The molecule has 2 heterocycles. The van der Waals surface area contributed by atoms with Crippen LogP contribution >= 0.6 is 11.6 Å². The molecule has 2 rings (SSSR count). The fourth-order valence-corrected chi connectivity index (χ4v) is 2.47. The van der Waals surface area contributed by atoms with Gasteiger partial charge in [0, 0.05) is 6.54 Å². The molecule has 2 atom stereocenters. The van der Waals surface area contributed by atoms with E-state index in [1.54, 1.807) is 4.90 Å². The summed E-state index contributed by atoms with van der Waals surface area (Å²) in [6.07, 6.45) is 2.92. The topological polar surface area (TPSA) is 75.5 Å². The predicted octanol–water partition coefficient (Wildman–Crippen LogP) is 1.83. The van der Waals surface area contributed by atoms with E-state index in [1.165, 1.54) is 13.3 Å². The number of rotatable bonds is 3. The Balaban J connectivity index is 2.35. The highest BCUT2D eigenvalue weighted by Crippen LogP contribution is 2.32. The number of ether oxygens (including phenoxy) is 1. The van der Waals surface area contributed by atoms with Crippen molar-refractivity contribution in [2.45, 2.75) is 25.8 Å². The Morgan fingerprint density at radius 2 is 2.37 bits per heavy atom. The molecule has 0 spiro atoms. The predicted molar refractivity (Wildman–Crippen MR) is 70.8 cm³/mol. The van der Waals surface area contributed by atoms with Crippen molar-refractivity contribution < 1.29 is 14.6 Å². The van der Waals surface area contributed by atoms with Gasteiger partial charge in [-0.05, 0) is 18.8 Å². The molecule has 1 fully saturated rings. The molecule has 1 aromatic heterocycles. The SMILES string of the molecule is COc1ncc(Cl)c(N2CCC(C)CC2C(=O)O)n1. The molecule has 1 saturated heterocycles. The lowest BCUT2D eigenvalue weighted by Crippen LogP contribution is -2.47. The monoisotopic (exact) mass is 285 g/mol. The van der Waals surface area contributed by atoms with Crippen molar-refractivity contribution >= 4 is 23.4 Å². The van der Waals surface area contributed by atoms with Crippen LogP contribution in [0.1, 0.15) is 19.8 Å². The highest BCUT2D eigenvalue weighted by molar-refractivity contribution is 6.32. The van der Waals surface area contributed by atoms with Gasteiger partial charge in [0.2, 0.25) is 0 Å². The van der Waals surface area contributed by atoms with E-state index in [0.717, 1.165) is 6.42 Å². The van der Waals surface area contributed by atoms with Crippen molar-refractivity contribution in [3.05, 3.63) is 11.2 Å². The molecule has 6 nitrogen and oxygen atoms in total. The Morgan fingerprint density at radius 1 is 1.63 bits per heavy atom. The number of carboxylic acid groups (broad SMARTS) is 1. The molecule has 7 heteroatoms. The number of hydrogen-bond acceptors (Lipinski definition) is 5. The van der Waals surface area contributed by atoms with Crippen LogP contribution in [-0.2, 0) is 4.79 Å². The van der Waals surface area contributed by atoms with Gasteiger partial charge in [-0.1, -0.05) is 18.5 Å². The van der Waals surface area contributed by atoms with E-state index in [4.69, 9.17) is 16.3 Å². The van der Waals surface area contributed by atoms with Crippen LogP contribution in [-0.4, -0.2) is 40.7 Å². The van der Waals surface area contributed by atoms with Crippen LogP contribution < -0.4 is 9.64 Å². The van der Waals surface area contributed by atoms with Crippen LogP contribution in [0.25, 0.3) is 0 Å². The Morgan fingerprint density at radius 3 is 3.00 bits per heavy atom. The highest BCUT2D eigenvalue weighted by atomic mass is 35.5. The van der Waals surface area contributed by atoms with Crippen molar-refractivity contribution in [3.63, 3.8) is 0 Å². The van der Waals surface area contributed by atoms with Crippen molar-refractivity contribution in [2.24, 2.45) is 5.92 Å². The minimum absolute atomic E-state index is 0.183. The number of carboxylic acids is 1. The molecule has 0 aromatic carbocycles.